The average Bonchev–Trinajstić information content (AvgIpc) is 3.37. The number of hydrogen-bond acceptors (Lipinski definition) is 10. The van der Waals surface area contributed by atoms with Gasteiger partial charge in [0.2, 0.25) is 20.6 Å². The quantitative estimate of drug-likeness (QED) is 0.0734. The predicted octanol–water partition coefficient (Wildman–Crippen LogP) is 4.48. The number of rotatable bonds is 12. The summed E-state index contributed by atoms with van der Waals surface area (Å²) < 4.78 is 114. The van der Waals surface area contributed by atoms with Crippen LogP contribution < -0.4 is 59.1 Å². The van der Waals surface area contributed by atoms with Gasteiger partial charge in [-0.3, -0.25) is 0 Å². The maximum absolute atomic E-state index is 11.4. The maximum Gasteiger partial charge on any atom is 1.00 e. The van der Waals surface area contributed by atoms with Crippen molar-refractivity contribution in [3.05, 3.63) is 240 Å². The van der Waals surface area contributed by atoms with E-state index in [0.29, 0.717) is 20.9 Å². The molecule has 0 radical (unpaired) electrons. The van der Waals surface area contributed by atoms with Gasteiger partial charge >= 0.3 is 59.1 Å². The third kappa shape index (κ3) is 16.2. The molecule has 352 valence electrons. The van der Waals surface area contributed by atoms with Crippen molar-refractivity contribution in [2.24, 2.45) is 11.8 Å². The SMILES string of the molecule is O=S(=O)=C1C=CC=CC1/C=C\c1ccc(-c2ccc(/C=C\c3ccccc3S(=O)(=O)[O-])cc2)cc1.O=S(=O)=C1C=CC=CC1/C=C\c1ccc(-c2ccc(/C=C\c3ccccc3S(=O)(=O)[O-])cc2)cc1.[Na+].[Na+]. The average molecular weight is 1050 g/mol. The number of benzene rings is 6. The van der Waals surface area contributed by atoms with Crippen LogP contribution in [0.3, 0.4) is 0 Å². The van der Waals surface area contributed by atoms with Gasteiger partial charge in [0.15, 0.2) is 0 Å². The zero-order valence-corrected chi connectivity index (χ0v) is 46.2. The fourth-order valence-electron chi connectivity index (χ4n) is 7.37. The Labute approximate surface area is 467 Å². The minimum atomic E-state index is -4.54. The van der Waals surface area contributed by atoms with Crippen LogP contribution in [0, 0.1) is 11.8 Å². The van der Waals surface area contributed by atoms with E-state index in [1.165, 1.54) is 24.3 Å². The molecule has 0 fully saturated rings. The predicted molar refractivity (Wildman–Crippen MR) is 280 cm³/mol. The standard InChI is InChI=1S/2C28H22O5S2.2Na/c2*29-34(30)27-7-3-1-5-25(27)19-13-21-9-15-23(16-10-21)24-17-11-22(12-18-24)14-20-26-6-2-4-8-28(26)35(31,32)33;;/h2*1-20,25H,(H,31,32,33);;/q;;2*+1/p-2/b2*19-13-,20-14-;;. The molecule has 0 aliphatic heterocycles. The van der Waals surface area contributed by atoms with Crippen LogP contribution in [0.25, 0.3) is 58.7 Å². The summed E-state index contributed by atoms with van der Waals surface area (Å²) in [6, 6.07) is 43.5. The second-order valence-electron chi connectivity index (χ2n) is 15.7. The summed E-state index contributed by atoms with van der Waals surface area (Å²) in [7, 11) is -13.6. The van der Waals surface area contributed by atoms with Crippen LogP contribution in [0.1, 0.15) is 33.4 Å². The summed E-state index contributed by atoms with van der Waals surface area (Å²) in [6.07, 6.45) is 28.2. The molecular formula is C56H42Na2O10S4. The second kappa shape index (κ2) is 26.9. The summed E-state index contributed by atoms with van der Waals surface area (Å²) in [5, 5.41) is 0. The zero-order chi connectivity index (χ0) is 49.7. The summed E-state index contributed by atoms with van der Waals surface area (Å²) in [5.41, 5.74) is 8.41. The minimum Gasteiger partial charge on any atom is -0.744 e. The van der Waals surface area contributed by atoms with Crippen LogP contribution in [0.15, 0.2) is 216 Å². The molecule has 10 nitrogen and oxygen atoms in total. The van der Waals surface area contributed by atoms with Crippen LogP contribution in [-0.2, 0) is 40.8 Å². The smallest absolute Gasteiger partial charge is 0.744 e. The Bertz CT molecular complexity index is 3420. The molecule has 2 unspecified atom stereocenters. The van der Waals surface area contributed by atoms with Crippen molar-refractivity contribution in [1.82, 2.24) is 0 Å². The van der Waals surface area contributed by atoms with Gasteiger partial charge in [0.1, 0.15) is 20.2 Å². The molecule has 0 spiro atoms. The summed E-state index contributed by atoms with van der Waals surface area (Å²) in [5.74, 6) is -0.557. The van der Waals surface area contributed by atoms with E-state index >= 15 is 0 Å². The van der Waals surface area contributed by atoms with Crippen LogP contribution in [0.5, 0.6) is 0 Å². The van der Waals surface area contributed by atoms with Gasteiger partial charge in [0.25, 0.3) is 0 Å². The first kappa shape index (κ1) is 57.3. The molecule has 16 heteroatoms. The van der Waals surface area contributed by atoms with E-state index in [9.17, 15) is 42.8 Å². The van der Waals surface area contributed by atoms with Gasteiger partial charge in [-0.25, -0.2) is 16.8 Å². The first-order valence-electron chi connectivity index (χ1n) is 21.5. The molecule has 2 atom stereocenters. The molecular weight excluding hydrogens is 1010 g/mol. The molecule has 0 bridgehead atoms. The van der Waals surface area contributed by atoms with Gasteiger partial charge in [0, 0.05) is 11.8 Å². The Balaban J connectivity index is 0.000000260. The van der Waals surface area contributed by atoms with Crippen molar-refractivity contribution in [3.63, 3.8) is 0 Å². The van der Waals surface area contributed by atoms with E-state index in [4.69, 9.17) is 0 Å². The van der Waals surface area contributed by atoms with E-state index in [-0.39, 0.29) is 80.7 Å². The van der Waals surface area contributed by atoms with Gasteiger partial charge < -0.3 is 9.11 Å². The number of hydrogen-bond donors (Lipinski definition) is 0. The van der Waals surface area contributed by atoms with E-state index in [1.54, 1.807) is 72.9 Å². The van der Waals surface area contributed by atoms with E-state index in [2.05, 4.69) is 0 Å². The van der Waals surface area contributed by atoms with Crippen LogP contribution >= 0.6 is 0 Å². The molecule has 0 heterocycles. The molecule has 72 heavy (non-hydrogen) atoms. The van der Waals surface area contributed by atoms with Crippen molar-refractivity contribution >= 4 is 87.0 Å². The van der Waals surface area contributed by atoms with Crippen molar-refractivity contribution in [2.75, 3.05) is 0 Å². The van der Waals surface area contributed by atoms with Crippen molar-refractivity contribution in [2.45, 2.75) is 9.79 Å². The largest absolute Gasteiger partial charge is 1.00 e. The molecule has 6 aromatic rings. The molecule has 0 N–H and O–H groups in total. The second-order valence-corrected chi connectivity index (χ2v) is 20.2. The Morgan fingerprint density at radius 3 is 0.958 bits per heavy atom. The van der Waals surface area contributed by atoms with E-state index in [1.807, 2.05) is 146 Å². The molecule has 2 aliphatic carbocycles. The summed E-state index contributed by atoms with van der Waals surface area (Å²) >= 11 is 0. The Morgan fingerprint density at radius 2 is 0.667 bits per heavy atom. The van der Waals surface area contributed by atoms with Gasteiger partial charge in [-0.05, 0) is 79.9 Å². The monoisotopic (exact) mass is 1050 g/mol. The molecule has 0 amide bonds. The van der Waals surface area contributed by atoms with Gasteiger partial charge in [0.05, 0.1) is 19.5 Å². The Kier molecular flexibility index (Phi) is 21.5. The Morgan fingerprint density at radius 1 is 0.375 bits per heavy atom. The fourth-order valence-corrected chi connectivity index (χ4v) is 9.85. The van der Waals surface area contributed by atoms with Crippen LogP contribution in [0.4, 0.5) is 0 Å². The molecule has 6 aromatic carbocycles. The first-order chi connectivity index (χ1) is 33.6. The minimum absolute atomic E-state index is 0. The topological polar surface area (TPSA) is 183 Å². The maximum atomic E-state index is 11.4. The van der Waals surface area contributed by atoms with E-state index in [0.717, 1.165) is 44.5 Å². The fraction of sp³-hybridized carbons (Fsp3) is 0.0357. The molecule has 2 aliphatic rings. The van der Waals surface area contributed by atoms with Crippen molar-refractivity contribution in [3.8, 4) is 22.3 Å². The third-order valence-electron chi connectivity index (χ3n) is 11.0. The number of allylic oxidation sites excluding steroid dienone is 10. The zero-order valence-electron chi connectivity index (χ0n) is 39.0. The normalized spacial score (nSPS) is 15.4. The summed E-state index contributed by atoms with van der Waals surface area (Å²) in [4.78, 5) is 0.196. The molecule has 0 aromatic heterocycles. The van der Waals surface area contributed by atoms with Crippen molar-refractivity contribution < 1.29 is 102 Å². The van der Waals surface area contributed by atoms with Gasteiger partial charge in [-0.2, -0.15) is 16.8 Å². The third-order valence-corrected chi connectivity index (χ3v) is 14.4. The molecule has 0 saturated carbocycles. The Hall–Kier alpha value is -5.56. The first-order valence-corrected chi connectivity index (χ1v) is 26.4. The molecule has 0 saturated heterocycles. The van der Waals surface area contributed by atoms with E-state index < -0.39 is 40.8 Å². The van der Waals surface area contributed by atoms with Gasteiger partial charge in [-0.1, -0.05) is 219 Å². The van der Waals surface area contributed by atoms with Crippen molar-refractivity contribution in [1.29, 1.82) is 0 Å². The molecule has 8 rings (SSSR count). The van der Waals surface area contributed by atoms with Crippen LogP contribution in [-0.4, -0.2) is 52.5 Å². The van der Waals surface area contributed by atoms with Gasteiger partial charge in [-0.15, -0.1) is 0 Å². The van der Waals surface area contributed by atoms with Crippen LogP contribution in [0.2, 0.25) is 0 Å². The summed E-state index contributed by atoms with van der Waals surface area (Å²) in [6.45, 7) is 0.